The molecule has 0 aromatic heterocycles. The standard InChI is InChI=1S/C22H35.Y/c1-8-15(2)19(6)17(4)14-18(5)21-12-11-20-16(3)10-9-13-22(20,21)7;/h3,17-18,20-21H,2,6,8-14H2,1,4-5,7H3;/q-1;/t17?,18-,20+,21-,22+;/m1./s1. The van der Waals surface area contributed by atoms with Crippen molar-refractivity contribution in [1.29, 1.82) is 0 Å². The molecule has 0 aromatic rings. The minimum absolute atomic E-state index is 0. The zero-order valence-electron chi connectivity index (χ0n) is 15.8. The summed E-state index contributed by atoms with van der Waals surface area (Å²) in [5.41, 5.74) is 4.24. The quantitative estimate of drug-likeness (QED) is 0.349. The molecule has 2 saturated carbocycles. The van der Waals surface area contributed by atoms with Crippen molar-refractivity contribution in [2.24, 2.45) is 29.1 Å². The average molecular weight is 388 g/mol. The molecule has 5 atom stereocenters. The zero-order chi connectivity index (χ0) is 16.5. The van der Waals surface area contributed by atoms with E-state index in [0.717, 1.165) is 24.7 Å². The van der Waals surface area contributed by atoms with Crippen LogP contribution >= 0.6 is 0 Å². The Labute approximate surface area is 170 Å². The number of allylic oxidation sites excluding steroid dienone is 3. The van der Waals surface area contributed by atoms with Crippen molar-refractivity contribution >= 4 is 0 Å². The summed E-state index contributed by atoms with van der Waals surface area (Å²) >= 11 is 0. The predicted molar refractivity (Wildman–Crippen MR) is 97.5 cm³/mol. The van der Waals surface area contributed by atoms with Crippen molar-refractivity contribution in [2.75, 3.05) is 0 Å². The van der Waals surface area contributed by atoms with Gasteiger partial charge in [-0.15, -0.1) is 0 Å². The van der Waals surface area contributed by atoms with E-state index in [-0.39, 0.29) is 32.7 Å². The van der Waals surface area contributed by atoms with E-state index in [9.17, 15) is 0 Å². The molecular weight excluding hydrogens is 353 g/mol. The van der Waals surface area contributed by atoms with Gasteiger partial charge in [0.25, 0.3) is 0 Å². The first kappa shape index (κ1) is 21.4. The average Bonchev–Trinajstić information content (AvgIpc) is 2.84. The van der Waals surface area contributed by atoms with Crippen LogP contribution in [0.15, 0.2) is 29.9 Å². The molecule has 0 aromatic carbocycles. The van der Waals surface area contributed by atoms with E-state index < -0.39 is 0 Å². The summed E-state index contributed by atoms with van der Waals surface area (Å²) in [5.74, 6) is 2.80. The Hall–Kier alpha value is 0.324. The molecule has 0 N–H and O–H groups in total. The molecule has 2 rings (SSSR count). The topological polar surface area (TPSA) is 0 Å². The Morgan fingerprint density at radius 2 is 1.96 bits per heavy atom. The molecule has 1 unspecified atom stereocenters. The summed E-state index contributed by atoms with van der Waals surface area (Å²) in [7, 11) is 0. The zero-order valence-corrected chi connectivity index (χ0v) is 18.7. The Balaban J connectivity index is 0.00000264. The van der Waals surface area contributed by atoms with Gasteiger partial charge in [-0.3, -0.25) is 5.57 Å². The Morgan fingerprint density at radius 3 is 2.57 bits per heavy atom. The molecule has 2 fully saturated rings. The Morgan fingerprint density at radius 1 is 1.30 bits per heavy atom. The van der Waals surface area contributed by atoms with Crippen LogP contribution in [0.1, 0.15) is 72.6 Å². The van der Waals surface area contributed by atoms with Crippen molar-refractivity contribution in [3.05, 3.63) is 36.5 Å². The molecule has 1 heteroatoms. The van der Waals surface area contributed by atoms with Gasteiger partial charge in [-0.25, -0.2) is 0 Å². The second kappa shape index (κ2) is 8.62. The second-order valence-electron chi connectivity index (χ2n) is 8.27. The predicted octanol–water partition coefficient (Wildman–Crippen LogP) is 6.74. The van der Waals surface area contributed by atoms with E-state index >= 15 is 0 Å². The van der Waals surface area contributed by atoms with Crippen LogP contribution in [0.2, 0.25) is 0 Å². The van der Waals surface area contributed by atoms with Crippen molar-refractivity contribution < 1.29 is 32.7 Å². The molecule has 0 bridgehead atoms. The number of rotatable bonds is 6. The fraction of sp³-hybridized carbons (Fsp3) is 0.727. The fourth-order valence-electron chi connectivity index (χ4n) is 5.45. The molecule has 23 heavy (non-hydrogen) atoms. The van der Waals surface area contributed by atoms with Gasteiger partial charge in [0.2, 0.25) is 0 Å². The number of hydrogen-bond donors (Lipinski definition) is 0. The van der Waals surface area contributed by atoms with Gasteiger partial charge in [0.1, 0.15) is 0 Å². The van der Waals surface area contributed by atoms with Crippen LogP contribution in [0.4, 0.5) is 0 Å². The fourth-order valence-corrected chi connectivity index (χ4v) is 5.45. The van der Waals surface area contributed by atoms with E-state index in [1.54, 1.807) is 0 Å². The van der Waals surface area contributed by atoms with Gasteiger partial charge < -0.3 is 6.58 Å². The Kier molecular flexibility index (Phi) is 8.00. The van der Waals surface area contributed by atoms with E-state index in [1.165, 1.54) is 48.8 Å². The number of hydrogen-bond acceptors (Lipinski definition) is 0. The van der Waals surface area contributed by atoms with E-state index in [0.29, 0.717) is 17.3 Å². The molecule has 0 amide bonds. The molecule has 0 spiro atoms. The summed E-state index contributed by atoms with van der Waals surface area (Å²) in [5, 5.41) is 0. The number of fused-ring (bicyclic) bond motifs is 1. The molecule has 0 nitrogen and oxygen atoms in total. The molecule has 0 heterocycles. The Bertz CT molecular complexity index is 461. The minimum Gasteiger partial charge on any atom is -0.514 e. The normalized spacial score (nSPS) is 32.6. The monoisotopic (exact) mass is 388 g/mol. The third-order valence-corrected chi connectivity index (χ3v) is 6.93. The summed E-state index contributed by atoms with van der Waals surface area (Å²) < 4.78 is 0. The second-order valence-corrected chi connectivity index (χ2v) is 8.27. The summed E-state index contributed by atoms with van der Waals surface area (Å²) in [6, 6.07) is 0. The van der Waals surface area contributed by atoms with Gasteiger partial charge in [-0.2, -0.15) is 0 Å². The van der Waals surface area contributed by atoms with Gasteiger partial charge >= 0.3 is 0 Å². The van der Waals surface area contributed by atoms with Crippen LogP contribution < -0.4 is 0 Å². The van der Waals surface area contributed by atoms with Crippen molar-refractivity contribution in [3.63, 3.8) is 0 Å². The van der Waals surface area contributed by atoms with E-state index in [1.807, 2.05) is 0 Å². The third-order valence-electron chi connectivity index (χ3n) is 6.93. The van der Waals surface area contributed by atoms with E-state index in [2.05, 4.69) is 40.9 Å². The van der Waals surface area contributed by atoms with Crippen LogP contribution in [0.5, 0.6) is 0 Å². The third kappa shape index (κ3) is 4.30. The molecule has 0 saturated heterocycles. The molecule has 1 radical (unpaired) electrons. The van der Waals surface area contributed by atoms with Gasteiger partial charge in [0.15, 0.2) is 0 Å². The van der Waals surface area contributed by atoms with Gasteiger partial charge in [0, 0.05) is 32.7 Å². The summed E-state index contributed by atoms with van der Waals surface area (Å²) in [6.07, 6.45) is 8.74. The largest absolute Gasteiger partial charge is 0.514 e. The maximum absolute atomic E-state index is 6.37. The maximum atomic E-state index is 6.37. The van der Waals surface area contributed by atoms with Gasteiger partial charge in [-0.1, -0.05) is 59.3 Å². The van der Waals surface area contributed by atoms with Gasteiger partial charge in [-0.05, 0) is 66.8 Å². The first-order valence-corrected chi connectivity index (χ1v) is 9.29. The minimum atomic E-state index is 0. The molecule has 2 aliphatic carbocycles. The maximum Gasteiger partial charge on any atom is 0 e. The van der Waals surface area contributed by atoms with Crippen molar-refractivity contribution in [1.82, 2.24) is 0 Å². The first-order chi connectivity index (χ1) is 10.3. The SMILES string of the molecule is [CH-]=C1CCC[C@]2(C)[C@@H]([C@H](C)CC(C)C(=C)C(=C)CC)CC[C@@H]12.[Y]. The molecule has 127 valence electrons. The van der Waals surface area contributed by atoms with Crippen molar-refractivity contribution in [2.45, 2.75) is 72.6 Å². The molecule has 0 aliphatic heterocycles. The molecular formula is C22H35Y-. The van der Waals surface area contributed by atoms with E-state index in [4.69, 9.17) is 6.58 Å². The smallest absolute Gasteiger partial charge is 0 e. The van der Waals surface area contributed by atoms with Gasteiger partial charge in [0.05, 0.1) is 0 Å². The van der Waals surface area contributed by atoms with Crippen LogP contribution in [0.3, 0.4) is 0 Å². The van der Waals surface area contributed by atoms with Crippen LogP contribution in [0, 0.1) is 35.7 Å². The van der Waals surface area contributed by atoms with Crippen LogP contribution in [0.25, 0.3) is 0 Å². The van der Waals surface area contributed by atoms with Crippen molar-refractivity contribution in [3.8, 4) is 0 Å². The molecule has 2 aliphatic rings. The summed E-state index contributed by atoms with van der Waals surface area (Å²) in [6.45, 7) is 24.3. The van der Waals surface area contributed by atoms with Crippen LogP contribution in [-0.2, 0) is 32.7 Å². The first-order valence-electron chi connectivity index (χ1n) is 9.29. The summed E-state index contributed by atoms with van der Waals surface area (Å²) in [4.78, 5) is 0. The van der Waals surface area contributed by atoms with Crippen LogP contribution in [-0.4, -0.2) is 0 Å².